The van der Waals surface area contributed by atoms with E-state index in [1.165, 1.54) is 42.5 Å². The van der Waals surface area contributed by atoms with Gasteiger partial charge in [0.15, 0.2) is 0 Å². The molecule has 1 aliphatic heterocycles. The Kier molecular flexibility index (Phi) is 5.84. The maximum Gasteiger partial charge on any atom is 0.0895 e. The molecule has 2 nitrogen and oxygen atoms in total. The van der Waals surface area contributed by atoms with E-state index in [2.05, 4.69) is 55.8 Å². The first-order valence-corrected chi connectivity index (χ1v) is 8.66. The largest absolute Gasteiger partial charge is 0.330 e. The highest BCUT2D eigenvalue weighted by Gasteiger charge is 2.23. The van der Waals surface area contributed by atoms with Crippen molar-refractivity contribution in [2.45, 2.75) is 65.2 Å². The number of para-hydroxylation sites is 1. The van der Waals surface area contributed by atoms with Crippen LogP contribution in [-0.2, 0) is 0 Å². The van der Waals surface area contributed by atoms with Gasteiger partial charge in [-0.25, -0.2) is 0 Å². The monoisotopic (exact) mass is 286 g/mol. The van der Waals surface area contributed by atoms with Crippen LogP contribution in [0.25, 0.3) is 0 Å². The van der Waals surface area contributed by atoms with Crippen LogP contribution in [0.15, 0.2) is 23.2 Å². The fourth-order valence-corrected chi connectivity index (χ4v) is 3.58. The van der Waals surface area contributed by atoms with Crippen LogP contribution >= 0.6 is 0 Å². The summed E-state index contributed by atoms with van der Waals surface area (Å²) in [5, 5.41) is 0. The Labute approximate surface area is 130 Å². The number of hydrogen-bond donors (Lipinski definition) is 0. The quantitative estimate of drug-likeness (QED) is 0.660. The van der Waals surface area contributed by atoms with Crippen LogP contribution in [0.1, 0.15) is 76.3 Å². The summed E-state index contributed by atoms with van der Waals surface area (Å²) in [6.07, 6.45) is 6.89. The van der Waals surface area contributed by atoms with Gasteiger partial charge in [-0.1, -0.05) is 45.9 Å². The highest BCUT2D eigenvalue weighted by molar-refractivity contribution is 5.84. The van der Waals surface area contributed by atoms with Gasteiger partial charge in [0, 0.05) is 12.2 Å². The van der Waals surface area contributed by atoms with Crippen LogP contribution in [0.4, 0.5) is 5.69 Å². The Morgan fingerprint density at radius 3 is 1.86 bits per heavy atom. The van der Waals surface area contributed by atoms with Crippen LogP contribution in [0.2, 0.25) is 0 Å². The fourth-order valence-electron chi connectivity index (χ4n) is 3.58. The maximum absolute atomic E-state index is 4.45. The Hall–Kier alpha value is -1.31. The van der Waals surface area contributed by atoms with Gasteiger partial charge in [0.25, 0.3) is 0 Å². The van der Waals surface area contributed by atoms with Crippen molar-refractivity contribution in [3.8, 4) is 0 Å². The number of nitrogens with zero attached hydrogens (tertiary/aromatic N) is 2. The SMILES string of the molecule is CCC(CC)c1cccc(C(CC)CC)c1N1C=NCC1. The minimum Gasteiger partial charge on any atom is -0.330 e. The summed E-state index contributed by atoms with van der Waals surface area (Å²) < 4.78 is 0. The van der Waals surface area contributed by atoms with E-state index in [4.69, 9.17) is 0 Å². The van der Waals surface area contributed by atoms with Crippen molar-refractivity contribution < 1.29 is 0 Å². The molecule has 0 saturated heterocycles. The highest BCUT2D eigenvalue weighted by Crippen LogP contribution is 2.39. The standard InChI is InChI=1S/C19H30N2/c1-5-15(6-2)17-10-9-11-18(16(7-3)8-4)19(17)21-13-12-20-14-21/h9-11,14-16H,5-8,12-13H2,1-4H3. The molecule has 116 valence electrons. The predicted octanol–water partition coefficient (Wildman–Crippen LogP) is 5.34. The highest BCUT2D eigenvalue weighted by atomic mass is 15.2. The molecule has 0 radical (unpaired) electrons. The third kappa shape index (κ3) is 3.30. The topological polar surface area (TPSA) is 15.6 Å². The lowest BCUT2D eigenvalue weighted by molar-refractivity contribution is 0.623. The van der Waals surface area contributed by atoms with E-state index in [9.17, 15) is 0 Å². The number of rotatable bonds is 7. The van der Waals surface area contributed by atoms with Crippen molar-refractivity contribution in [2.75, 3.05) is 18.0 Å². The predicted molar refractivity (Wildman–Crippen MR) is 93.8 cm³/mol. The summed E-state index contributed by atoms with van der Waals surface area (Å²) in [4.78, 5) is 6.84. The van der Waals surface area contributed by atoms with Crippen molar-refractivity contribution in [2.24, 2.45) is 4.99 Å². The van der Waals surface area contributed by atoms with Gasteiger partial charge in [-0.15, -0.1) is 0 Å². The molecular weight excluding hydrogens is 256 g/mol. The molecular formula is C19H30N2. The zero-order chi connectivity index (χ0) is 15.2. The van der Waals surface area contributed by atoms with Crippen LogP contribution in [-0.4, -0.2) is 19.4 Å². The molecule has 0 bridgehead atoms. The lowest BCUT2D eigenvalue weighted by atomic mass is 9.85. The number of anilines is 1. The second-order valence-corrected chi connectivity index (χ2v) is 6.03. The van der Waals surface area contributed by atoms with Crippen LogP contribution in [0.5, 0.6) is 0 Å². The minimum atomic E-state index is 0.656. The van der Waals surface area contributed by atoms with E-state index < -0.39 is 0 Å². The minimum absolute atomic E-state index is 0.656. The second kappa shape index (κ2) is 7.63. The van der Waals surface area contributed by atoms with Crippen molar-refractivity contribution in [3.63, 3.8) is 0 Å². The van der Waals surface area contributed by atoms with Gasteiger partial charge in [0.05, 0.1) is 12.9 Å². The molecule has 2 rings (SSSR count). The number of aliphatic imine (C=N–C) groups is 1. The van der Waals surface area contributed by atoms with Crippen LogP contribution in [0, 0.1) is 0 Å². The van der Waals surface area contributed by atoms with E-state index in [1.807, 2.05) is 6.34 Å². The van der Waals surface area contributed by atoms with Crippen LogP contribution < -0.4 is 4.90 Å². The van der Waals surface area contributed by atoms with E-state index in [0.717, 1.165) is 13.1 Å². The lowest BCUT2D eigenvalue weighted by Crippen LogP contribution is -2.23. The summed E-state index contributed by atoms with van der Waals surface area (Å²) in [5.74, 6) is 1.31. The zero-order valence-corrected chi connectivity index (χ0v) is 14.1. The molecule has 1 aromatic carbocycles. The Balaban J connectivity index is 2.54. The van der Waals surface area contributed by atoms with Crippen molar-refractivity contribution >= 4 is 12.0 Å². The average molecular weight is 286 g/mol. The van der Waals surface area contributed by atoms with E-state index in [1.54, 1.807) is 0 Å². The molecule has 0 fully saturated rings. The first kappa shape index (κ1) is 16.1. The molecule has 1 heterocycles. The van der Waals surface area contributed by atoms with Crippen molar-refractivity contribution in [1.29, 1.82) is 0 Å². The molecule has 0 N–H and O–H groups in total. The van der Waals surface area contributed by atoms with E-state index in [0.29, 0.717) is 11.8 Å². The molecule has 1 aliphatic rings. The Morgan fingerprint density at radius 1 is 0.952 bits per heavy atom. The molecule has 1 aromatic rings. The lowest BCUT2D eigenvalue weighted by Gasteiger charge is -2.29. The molecule has 0 atom stereocenters. The zero-order valence-electron chi connectivity index (χ0n) is 14.1. The van der Waals surface area contributed by atoms with Crippen LogP contribution in [0.3, 0.4) is 0 Å². The molecule has 0 spiro atoms. The molecule has 0 amide bonds. The van der Waals surface area contributed by atoms with Gasteiger partial charge in [-0.2, -0.15) is 0 Å². The van der Waals surface area contributed by atoms with E-state index in [-0.39, 0.29) is 0 Å². The van der Waals surface area contributed by atoms with Gasteiger partial charge < -0.3 is 4.90 Å². The van der Waals surface area contributed by atoms with Gasteiger partial charge in [-0.3, -0.25) is 4.99 Å². The summed E-state index contributed by atoms with van der Waals surface area (Å²) in [6.45, 7) is 11.2. The summed E-state index contributed by atoms with van der Waals surface area (Å²) in [7, 11) is 0. The second-order valence-electron chi connectivity index (χ2n) is 6.03. The molecule has 21 heavy (non-hydrogen) atoms. The average Bonchev–Trinajstić information content (AvgIpc) is 3.04. The third-order valence-corrected chi connectivity index (χ3v) is 4.93. The molecule has 0 saturated carbocycles. The first-order chi connectivity index (χ1) is 10.3. The fraction of sp³-hybridized carbons (Fsp3) is 0.632. The Morgan fingerprint density at radius 2 is 1.48 bits per heavy atom. The summed E-state index contributed by atoms with van der Waals surface area (Å²) in [6, 6.07) is 6.94. The van der Waals surface area contributed by atoms with Crippen molar-refractivity contribution in [3.05, 3.63) is 29.3 Å². The molecule has 0 unspecified atom stereocenters. The number of benzene rings is 1. The van der Waals surface area contributed by atoms with Gasteiger partial charge >= 0.3 is 0 Å². The molecule has 2 heteroatoms. The normalized spacial score (nSPS) is 14.7. The first-order valence-electron chi connectivity index (χ1n) is 8.66. The van der Waals surface area contributed by atoms with E-state index >= 15 is 0 Å². The van der Waals surface area contributed by atoms with Crippen molar-refractivity contribution in [1.82, 2.24) is 0 Å². The summed E-state index contributed by atoms with van der Waals surface area (Å²) >= 11 is 0. The van der Waals surface area contributed by atoms with Gasteiger partial charge in [-0.05, 0) is 48.6 Å². The van der Waals surface area contributed by atoms with Gasteiger partial charge in [0.1, 0.15) is 0 Å². The summed E-state index contributed by atoms with van der Waals surface area (Å²) in [5.41, 5.74) is 4.51. The van der Waals surface area contributed by atoms with Gasteiger partial charge in [0.2, 0.25) is 0 Å². The smallest absolute Gasteiger partial charge is 0.0895 e. The molecule has 0 aromatic heterocycles. The molecule has 0 aliphatic carbocycles. The maximum atomic E-state index is 4.45. The Bertz CT molecular complexity index is 440. The third-order valence-electron chi connectivity index (χ3n) is 4.93. The number of hydrogen-bond acceptors (Lipinski definition) is 2.